The Hall–Kier alpha value is -1.55. The highest BCUT2D eigenvalue weighted by Gasteiger charge is 2.26. The highest BCUT2D eigenvalue weighted by Crippen LogP contribution is 2.26. The van der Waals surface area contributed by atoms with Gasteiger partial charge in [-0.3, -0.25) is 9.69 Å². The molecule has 0 aliphatic carbocycles. The van der Waals surface area contributed by atoms with E-state index >= 15 is 0 Å². The predicted octanol–water partition coefficient (Wildman–Crippen LogP) is 3.05. The van der Waals surface area contributed by atoms with Gasteiger partial charge < -0.3 is 4.90 Å². The molecule has 1 aromatic rings. The lowest BCUT2D eigenvalue weighted by Gasteiger charge is -2.16. The Kier molecular flexibility index (Phi) is 4.35. The second-order valence-corrected chi connectivity index (χ2v) is 4.48. The number of hydrogen-bond donors (Lipinski definition) is 0. The molecule has 0 saturated carbocycles. The number of halogens is 1. The van der Waals surface area contributed by atoms with Gasteiger partial charge in [0.05, 0.1) is 5.02 Å². The van der Waals surface area contributed by atoms with Crippen LogP contribution in [0.5, 0.6) is 0 Å². The van der Waals surface area contributed by atoms with Crippen molar-refractivity contribution in [1.82, 2.24) is 4.90 Å². The van der Waals surface area contributed by atoms with Crippen LogP contribution in [0.3, 0.4) is 0 Å². The Bertz CT molecular complexity index is 488. The van der Waals surface area contributed by atoms with E-state index in [-0.39, 0.29) is 19.2 Å². The molecule has 1 saturated heterocycles. The molecule has 0 radical (unpaired) electrons. The summed E-state index contributed by atoms with van der Waals surface area (Å²) in [6, 6.07) is 5.03. The Morgan fingerprint density at radius 1 is 1.33 bits per heavy atom. The molecule has 5 heteroatoms. The van der Waals surface area contributed by atoms with E-state index in [1.54, 1.807) is 35.0 Å². The first-order valence-electron chi connectivity index (χ1n) is 5.34. The van der Waals surface area contributed by atoms with E-state index in [2.05, 4.69) is 0 Å². The minimum absolute atomic E-state index is 0. The van der Waals surface area contributed by atoms with Gasteiger partial charge >= 0.3 is 6.03 Å². The molecule has 0 atom stereocenters. The van der Waals surface area contributed by atoms with Crippen LogP contribution < -0.4 is 4.90 Å². The number of nitrogens with zero attached hydrogens (tertiary/aromatic N) is 2. The standard InChI is InChI=1S/C12H13ClN2O2.CH4/c1-8(16)10-4-3-9(7-11(10)13)15-6-5-14(2)12(15)17;/h3-4,7H,5-6H2,1-2H3;1H4. The zero-order chi connectivity index (χ0) is 12.6. The van der Waals surface area contributed by atoms with Crippen LogP contribution >= 0.6 is 11.6 Å². The lowest BCUT2D eigenvalue weighted by molar-refractivity contribution is 0.101. The average Bonchev–Trinajstić information content (AvgIpc) is 2.59. The first-order valence-corrected chi connectivity index (χ1v) is 5.71. The van der Waals surface area contributed by atoms with E-state index in [0.717, 1.165) is 5.69 Å². The fourth-order valence-corrected chi connectivity index (χ4v) is 2.15. The number of likely N-dealkylation sites (N-methyl/N-ethyl adjacent to an activating group) is 1. The van der Waals surface area contributed by atoms with E-state index < -0.39 is 0 Å². The maximum absolute atomic E-state index is 11.8. The second kappa shape index (κ2) is 5.40. The highest BCUT2D eigenvalue weighted by molar-refractivity contribution is 6.34. The summed E-state index contributed by atoms with van der Waals surface area (Å²) < 4.78 is 0. The van der Waals surface area contributed by atoms with Gasteiger partial charge in [0.2, 0.25) is 0 Å². The Morgan fingerprint density at radius 3 is 2.44 bits per heavy atom. The lowest BCUT2D eigenvalue weighted by atomic mass is 10.1. The first kappa shape index (κ1) is 14.5. The molecule has 2 amide bonds. The van der Waals surface area contributed by atoms with Gasteiger partial charge in [0.25, 0.3) is 0 Å². The molecule has 0 unspecified atom stereocenters. The van der Waals surface area contributed by atoms with Crippen LogP contribution in [0.25, 0.3) is 0 Å². The summed E-state index contributed by atoms with van der Waals surface area (Å²) in [6.45, 7) is 2.81. The normalized spacial score (nSPS) is 14.7. The number of rotatable bonds is 2. The quantitative estimate of drug-likeness (QED) is 0.774. The van der Waals surface area contributed by atoms with Crippen LogP contribution in [-0.2, 0) is 0 Å². The van der Waals surface area contributed by atoms with Crippen molar-refractivity contribution < 1.29 is 9.59 Å². The third-order valence-corrected chi connectivity index (χ3v) is 3.17. The van der Waals surface area contributed by atoms with Crippen LogP contribution in [0, 0.1) is 0 Å². The molecule has 0 spiro atoms. The van der Waals surface area contributed by atoms with E-state index in [4.69, 9.17) is 11.6 Å². The molecule has 1 fully saturated rings. The number of Topliss-reactive ketones (excluding diaryl/α,β-unsaturated/α-hetero) is 1. The largest absolute Gasteiger partial charge is 0.326 e. The van der Waals surface area contributed by atoms with Gasteiger partial charge in [0, 0.05) is 31.4 Å². The summed E-state index contributed by atoms with van der Waals surface area (Å²) in [6.07, 6.45) is 0. The van der Waals surface area contributed by atoms with Crippen molar-refractivity contribution >= 4 is 29.1 Å². The molecule has 0 aromatic heterocycles. The van der Waals surface area contributed by atoms with Gasteiger partial charge in [0.15, 0.2) is 5.78 Å². The van der Waals surface area contributed by atoms with E-state index in [1.807, 2.05) is 0 Å². The molecule has 98 valence electrons. The van der Waals surface area contributed by atoms with Crippen molar-refractivity contribution in [3.05, 3.63) is 28.8 Å². The molecule has 2 rings (SSSR count). The van der Waals surface area contributed by atoms with Crippen LogP contribution in [0.15, 0.2) is 18.2 Å². The fourth-order valence-electron chi connectivity index (χ4n) is 1.84. The predicted molar refractivity (Wildman–Crippen MR) is 73.6 cm³/mol. The second-order valence-electron chi connectivity index (χ2n) is 4.08. The van der Waals surface area contributed by atoms with E-state index in [0.29, 0.717) is 23.7 Å². The van der Waals surface area contributed by atoms with Gasteiger partial charge in [-0.25, -0.2) is 4.79 Å². The maximum atomic E-state index is 11.8. The van der Waals surface area contributed by atoms with Crippen LogP contribution in [0.4, 0.5) is 10.5 Å². The number of benzene rings is 1. The third-order valence-electron chi connectivity index (χ3n) is 2.86. The monoisotopic (exact) mass is 268 g/mol. The molecule has 1 aliphatic heterocycles. The minimum atomic E-state index is -0.0774. The molecule has 4 nitrogen and oxygen atoms in total. The van der Waals surface area contributed by atoms with Gasteiger partial charge in [-0.2, -0.15) is 0 Å². The van der Waals surface area contributed by atoms with Crippen LogP contribution in [-0.4, -0.2) is 36.9 Å². The number of amides is 2. The maximum Gasteiger partial charge on any atom is 0.324 e. The van der Waals surface area contributed by atoms with Crippen molar-refractivity contribution in [3.63, 3.8) is 0 Å². The number of ketones is 1. The SMILES string of the molecule is C.CC(=O)c1ccc(N2CCN(C)C2=O)cc1Cl. The molecular formula is C13H17ClN2O2. The van der Waals surface area contributed by atoms with Gasteiger partial charge in [-0.05, 0) is 25.1 Å². The van der Waals surface area contributed by atoms with E-state index in [1.165, 1.54) is 6.92 Å². The van der Waals surface area contributed by atoms with Gasteiger partial charge in [-0.1, -0.05) is 19.0 Å². The zero-order valence-corrected chi connectivity index (χ0v) is 10.5. The fraction of sp³-hybridized carbons (Fsp3) is 0.385. The average molecular weight is 269 g/mol. The number of urea groups is 1. The van der Waals surface area contributed by atoms with Crippen LogP contribution in [0.2, 0.25) is 5.02 Å². The molecule has 0 N–H and O–H groups in total. The highest BCUT2D eigenvalue weighted by atomic mass is 35.5. The molecule has 1 aliphatic rings. The Morgan fingerprint density at radius 2 is 2.00 bits per heavy atom. The zero-order valence-electron chi connectivity index (χ0n) is 9.74. The van der Waals surface area contributed by atoms with Crippen molar-refractivity contribution in [2.24, 2.45) is 0 Å². The van der Waals surface area contributed by atoms with E-state index in [9.17, 15) is 9.59 Å². The molecule has 0 bridgehead atoms. The smallest absolute Gasteiger partial charge is 0.324 e. The molecule has 18 heavy (non-hydrogen) atoms. The molecular weight excluding hydrogens is 252 g/mol. The summed E-state index contributed by atoms with van der Waals surface area (Å²) in [5, 5.41) is 0.386. The van der Waals surface area contributed by atoms with Crippen molar-refractivity contribution in [2.75, 3.05) is 25.0 Å². The first-order chi connectivity index (χ1) is 8.00. The summed E-state index contributed by atoms with van der Waals surface area (Å²) >= 11 is 6.01. The van der Waals surface area contributed by atoms with Crippen LogP contribution in [0.1, 0.15) is 24.7 Å². The number of hydrogen-bond acceptors (Lipinski definition) is 2. The summed E-state index contributed by atoms with van der Waals surface area (Å²) in [5.74, 6) is -0.0774. The van der Waals surface area contributed by atoms with Crippen molar-refractivity contribution in [2.45, 2.75) is 14.4 Å². The molecule has 1 aromatic carbocycles. The van der Waals surface area contributed by atoms with Gasteiger partial charge in [-0.15, -0.1) is 0 Å². The molecule has 1 heterocycles. The number of carbonyl (C=O) groups is 2. The number of carbonyl (C=O) groups excluding carboxylic acids is 2. The van der Waals surface area contributed by atoms with Crippen molar-refractivity contribution in [1.29, 1.82) is 0 Å². The summed E-state index contributed by atoms with van der Waals surface area (Å²) in [4.78, 5) is 26.3. The summed E-state index contributed by atoms with van der Waals surface area (Å²) in [7, 11) is 1.76. The topological polar surface area (TPSA) is 40.6 Å². The third kappa shape index (κ3) is 2.48. The Balaban J connectivity index is 0.00000162. The number of anilines is 1. The van der Waals surface area contributed by atoms with Gasteiger partial charge in [0.1, 0.15) is 0 Å². The van der Waals surface area contributed by atoms with Crippen molar-refractivity contribution in [3.8, 4) is 0 Å². The summed E-state index contributed by atoms with van der Waals surface area (Å²) in [5.41, 5.74) is 1.21. The Labute approximate surface area is 112 Å². The lowest BCUT2D eigenvalue weighted by Crippen LogP contribution is -2.29. The minimum Gasteiger partial charge on any atom is -0.326 e.